The van der Waals surface area contributed by atoms with Crippen molar-refractivity contribution >= 4 is 17.0 Å². The first-order chi connectivity index (χ1) is 9.74. The molecule has 0 spiro atoms. The van der Waals surface area contributed by atoms with Crippen molar-refractivity contribution in [3.63, 3.8) is 0 Å². The van der Waals surface area contributed by atoms with Crippen molar-refractivity contribution in [2.75, 3.05) is 0 Å². The van der Waals surface area contributed by atoms with Crippen LogP contribution in [0.15, 0.2) is 22.8 Å². The maximum absolute atomic E-state index is 12.4. The molecule has 21 heavy (non-hydrogen) atoms. The minimum Gasteiger partial charge on any atom is -0.463 e. The van der Waals surface area contributed by atoms with Crippen molar-refractivity contribution in [2.24, 2.45) is 0 Å². The molecule has 1 fully saturated rings. The highest BCUT2D eigenvalue weighted by atomic mass is 16.3. The van der Waals surface area contributed by atoms with Crippen LogP contribution in [0.5, 0.6) is 0 Å². The molecular weight excluding hydrogens is 266 g/mol. The molecule has 1 aliphatic heterocycles. The standard InChI is InChI=1S/C16H23N3O2/c1-15(2)8-10(9-16(3,4)19-15)17-14(20)12-7-13-11(18-12)5-6-21-13/h5-7,10,18-19H,8-9H2,1-4H3,(H,17,20). The zero-order valence-corrected chi connectivity index (χ0v) is 13.0. The lowest BCUT2D eigenvalue weighted by atomic mass is 9.79. The van der Waals surface area contributed by atoms with Gasteiger partial charge in [0.25, 0.3) is 5.91 Å². The number of aromatic nitrogens is 1. The number of hydrogen-bond acceptors (Lipinski definition) is 3. The van der Waals surface area contributed by atoms with Gasteiger partial charge in [-0.2, -0.15) is 0 Å². The highest BCUT2D eigenvalue weighted by Gasteiger charge is 2.38. The highest BCUT2D eigenvalue weighted by Crippen LogP contribution is 2.28. The van der Waals surface area contributed by atoms with Gasteiger partial charge in [0, 0.05) is 29.3 Å². The first-order valence-electron chi connectivity index (χ1n) is 7.41. The van der Waals surface area contributed by atoms with E-state index in [0.29, 0.717) is 11.3 Å². The van der Waals surface area contributed by atoms with Gasteiger partial charge in [0.15, 0.2) is 5.58 Å². The third kappa shape index (κ3) is 2.97. The van der Waals surface area contributed by atoms with Gasteiger partial charge in [-0.25, -0.2) is 0 Å². The zero-order chi connectivity index (χ0) is 15.3. The van der Waals surface area contributed by atoms with E-state index in [1.165, 1.54) is 0 Å². The second-order valence-corrected chi connectivity index (χ2v) is 7.35. The molecule has 5 nitrogen and oxygen atoms in total. The molecule has 0 radical (unpaired) electrons. The zero-order valence-electron chi connectivity index (χ0n) is 13.0. The van der Waals surface area contributed by atoms with Crippen molar-refractivity contribution in [1.29, 1.82) is 0 Å². The third-order valence-corrected chi connectivity index (χ3v) is 4.01. The number of hydrogen-bond donors (Lipinski definition) is 3. The molecule has 5 heteroatoms. The van der Waals surface area contributed by atoms with Gasteiger partial charge in [-0.05, 0) is 40.5 Å². The summed E-state index contributed by atoms with van der Waals surface area (Å²) < 4.78 is 5.28. The van der Waals surface area contributed by atoms with Crippen LogP contribution in [0.3, 0.4) is 0 Å². The van der Waals surface area contributed by atoms with Gasteiger partial charge in [-0.3, -0.25) is 4.79 Å². The monoisotopic (exact) mass is 289 g/mol. The number of carbonyl (C=O) groups excluding carboxylic acids is 1. The Balaban J connectivity index is 1.73. The number of aromatic amines is 1. The molecule has 3 N–H and O–H groups in total. The lowest BCUT2D eigenvalue weighted by Crippen LogP contribution is -2.62. The molecule has 0 aromatic carbocycles. The summed E-state index contributed by atoms with van der Waals surface area (Å²) in [6.45, 7) is 8.70. The number of H-pyrrole nitrogens is 1. The Kier molecular flexibility index (Phi) is 3.13. The number of piperidine rings is 1. The van der Waals surface area contributed by atoms with E-state index in [-0.39, 0.29) is 23.0 Å². The number of fused-ring (bicyclic) bond motifs is 1. The van der Waals surface area contributed by atoms with Gasteiger partial charge in [0.1, 0.15) is 5.69 Å². The van der Waals surface area contributed by atoms with E-state index in [4.69, 9.17) is 4.42 Å². The first kappa shape index (κ1) is 14.2. The van der Waals surface area contributed by atoms with Crippen LogP contribution in [-0.2, 0) is 0 Å². The highest BCUT2D eigenvalue weighted by molar-refractivity contribution is 5.96. The topological polar surface area (TPSA) is 70.1 Å². The number of amides is 1. The van der Waals surface area contributed by atoms with E-state index in [1.807, 2.05) is 6.07 Å². The average molecular weight is 289 g/mol. The van der Waals surface area contributed by atoms with Gasteiger partial charge >= 0.3 is 0 Å². The number of nitrogens with one attached hydrogen (secondary N) is 3. The van der Waals surface area contributed by atoms with Crippen LogP contribution in [0, 0.1) is 0 Å². The second-order valence-electron chi connectivity index (χ2n) is 7.35. The van der Waals surface area contributed by atoms with Crippen LogP contribution in [0.4, 0.5) is 0 Å². The molecule has 0 atom stereocenters. The molecule has 114 valence electrons. The van der Waals surface area contributed by atoms with Crippen molar-refractivity contribution in [2.45, 2.75) is 57.7 Å². The summed E-state index contributed by atoms with van der Waals surface area (Å²) >= 11 is 0. The normalized spacial score (nSPS) is 21.5. The van der Waals surface area contributed by atoms with Crippen LogP contribution in [0.2, 0.25) is 0 Å². The summed E-state index contributed by atoms with van der Waals surface area (Å²) in [5, 5.41) is 6.76. The van der Waals surface area contributed by atoms with E-state index in [9.17, 15) is 4.79 Å². The van der Waals surface area contributed by atoms with Crippen LogP contribution in [-0.4, -0.2) is 28.0 Å². The van der Waals surface area contributed by atoms with Gasteiger partial charge in [-0.15, -0.1) is 0 Å². The fourth-order valence-corrected chi connectivity index (χ4v) is 3.66. The fourth-order valence-electron chi connectivity index (χ4n) is 3.66. The van der Waals surface area contributed by atoms with Gasteiger partial charge in [0.2, 0.25) is 0 Å². The van der Waals surface area contributed by atoms with E-state index in [1.54, 1.807) is 12.3 Å². The quantitative estimate of drug-likeness (QED) is 0.796. The Morgan fingerprint density at radius 2 is 1.95 bits per heavy atom. The smallest absolute Gasteiger partial charge is 0.268 e. The fraction of sp³-hybridized carbons (Fsp3) is 0.562. The molecule has 0 unspecified atom stereocenters. The maximum Gasteiger partial charge on any atom is 0.268 e. The molecule has 3 heterocycles. The Morgan fingerprint density at radius 1 is 1.29 bits per heavy atom. The van der Waals surface area contributed by atoms with Crippen molar-refractivity contribution in [3.05, 3.63) is 24.1 Å². The Bertz CT molecular complexity index is 621. The lowest BCUT2D eigenvalue weighted by Gasteiger charge is -2.46. The van der Waals surface area contributed by atoms with Crippen molar-refractivity contribution in [3.8, 4) is 0 Å². The van der Waals surface area contributed by atoms with Crippen LogP contribution >= 0.6 is 0 Å². The van der Waals surface area contributed by atoms with E-state index in [2.05, 4.69) is 43.3 Å². The lowest BCUT2D eigenvalue weighted by molar-refractivity contribution is 0.0869. The Labute approximate surface area is 124 Å². The molecule has 0 bridgehead atoms. The third-order valence-electron chi connectivity index (χ3n) is 4.01. The largest absolute Gasteiger partial charge is 0.463 e. The second kappa shape index (κ2) is 4.63. The molecule has 2 aromatic rings. The van der Waals surface area contributed by atoms with E-state index < -0.39 is 0 Å². The maximum atomic E-state index is 12.4. The minimum atomic E-state index is -0.0695. The van der Waals surface area contributed by atoms with Gasteiger partial charge < -0.3 is 20.0 Å². The average Bonchev–Trinajstić information content (AvgIpc) is 2.82. The van der Waals surface area contributed by atoms with Crippen molar-refractivity contribution in [1.82, 2.24) is 15.6 Å². The van der Waals surface area contributed by atoms with Crippen LogP contribution < -0.4 is 10.6 Å². The summed E-state index contributed by atoms with van der Waals surface area (Å²) in [7, 11) is 0. The molecular formula is C16H23N3O2. The predicted molar refractivity (Wildman–Crippen MR) is 82.3 cm³/mol. The Morgan fingerprint density at radius 3 is 2.57 bits per heavy atom. The van der Waals surface area contributed by atoms with Crippen molar-refractivity contribution < 1.29 is 9.21 Å². The van der Waals surface area contributed by atoms with Gasteiger partial charge in [0.05, 0.1) is 11.8 Å². The molecule has 1 saturated heterocycles. The summed E-state index contributed by atoms with van der Waals surface area (Å²) in [6, 6.07) is 3.74. The summed E-state index contributed by atoms with van der Waals surface area (Å²) in [6.07, 6.45) is 3.44. The summed E-state index contributed by atoms with van der Waals surface area (Å²) in [5.41, 5.74) is 2.15. The Hall–Kier alpha value is -1.75. The predicted octanol–water partition coefficient (Wildman–Crippen LogP) is 2.80. The summed E-state index contributed by atoms with van der Waals surface area (Å²) in [5.74, 6) is -0.0695. The molecule has 0 aliphatic carbocycles. The molecule has 1 aliphatic rings. The van der Waals surface area contributed by atoms with Gasteiger partial charge in [-0.1, -0.05) is 0 Å². The number of carbonyl (C=O) groups is 1. The van der Waals surface area contributed by atoms with E-state index >= 15 is 0 Å². The molecule has 3 rings (SSSR count). The SMILES string of the molecule is CC1(C)CC(NC(=O)c2cc3occc3[nH]2)CC(C)(C)N1. The number of rotatable bonds is 2. The molecule has 0 saturated carbocycles. The van der Waals surface area contributed by atoms with E-state index in [0.717, 1.165) is 18.4 Å². The van der Waals surface area contributed by atoms with Crippen LogP contribution in [0.25, 0.3) is 11.1 Å². The molecule has 2 aromatic heterocycles. The summed E-state index contributed by atoms with van der Waals surface area (Å²) in [4.78, 5) is 15.5. The van der Waals surface area contributed by atoms with Crippen LogP contribution in [0.1, 0.15) is 51.0 Å². The first-order valence-corrected chi connectivity index (χ1v) is 7.41. The molecule has 1 amide bonds. The minimum absolute atomic E-state index is 0.0169. The number of furan rings is 1.